The standard InChI is InChI=1S/C15H13NO2S/c1-10-6-12(8-16)7-11(2)15(10)18-9-13(17)14-4-3-5-19-14/h3-7H,9H2,1-2H3. The number of carbonyl (C=O) groups is 1. The smallest absolute Gasteiger partial charge is 0.210 e. The maximum Gasteiger partial charge on any atom is 0.210 e. The number of ether oxygens (including phenoxy) is 1. The molecule has 96 valence electrons. The second kappa shape index (κ2) is 5.68. The van der Waals surface area contributed by atoms with Gasteiger partial charge in [-0.05, 0) is 48.6 Å². The predicted molar refractivity (Wildman–Crippen MR) is 74.8 cm³/mol. The first kappa shape index (κ1) is 13.3. The van der Waals surface area contributed by atoms with Crippen LogP contribution in [0.1, 0.15) is 26.4 Å². The fourth-order valence-electron chi connectivity index (χ4n) is 1.89. The third-order valence-electron chi connectivity index (χ3n) is 2.73. The van der Waals surface area contributed by atoms with Crippen molar-refractivity contribution in [2.45, 2.75) is 13.8 Å². The Labute approximate surface area is 116 Å². The molecular weight excluding hydrogens is 258 g/mol. The fraction of sp³-hybridized carbons (Fsp3) is 0.200. The molecule has 0 N–H and O–H groups in total. The number of thiophene rings is 1. The first-order valence-electron chi connectivity index (χ1n) is 5.82. The highest BCUT2D eigenvalue weighted by Crippen LogP contribution is 2.25. The molecule has 0 radical (unpaired) electrons. The maximum atomic E-state index is 11.9. The molecule has 0 amide bonds. The largest absolute Gasteiger partial charge is 0.485 e. The van der Waals surface area contributed by atoms with Crippen LogP contribution in [0.2, 0.25) is 0 Å². The number of benzene rings is 1. The summed E-state index contributed by atoms with van der Waals surface area (Å²) in [5.41, 5.74) is 2.35. The lowest BCUT2D eigenvalue weighted by atomic mass is 10.1. The lowest BCUT2D eigenvalue weighted by molar-refractivity contribution is 0.0925. The summed E-state index contributed by atoms with van der Waals surface area (Å²) in [5.74, 6) is 0.655. The molecule has 0 unspecified atom stereocenters. The van der Waals surface area contributed by atoms with E-state index in [2.05, 4.69) is 6.07 Å². The quantitative estimate of drug-likeness (QED) is 0.800. The normalized spacial score (nSPS) is 9.95. The van der Waals surface area contributed by atoms with Gasteiger partial charge < -0.3 is 4.74 Å². The van der Waals surface area contributed by atoms with E-state index in [-0.39, 0.29) is 12.4 Å². The Bertz CT molecular complexity index is 616. The zero-order valence-electron chi connectivity index (χ0n) is 10.8. The van der Waals surface area contributed by atoms with E-state index in [1.807, 2.05) is 25.3 Å². The maximum absolute atomic E-state index is 11.9. The van der Waals surface area contributed by atoms with Crippen molar-refractivity contribution >= 4 is 17.1 Å². The van der Waals surface area contributed by atoms with Crippen LogP contribution in [0.15, 0.2) is 29.6 Å². The summed E-state index contributed by atoms with van der Waals surface area (Å²) < 4.78 is 5.60. The van der Waals surface area contributed by atoms with E-state index in [4.69, 9.17) is 10.00 Å². The van der Waals surface area contributed by atoms with Crippen LogP contribution in [0.25, 0.3) is 0 Å². The summed E-state index contributed by atoms with van der Waals surface area (Å²) in [6, 6.07) is 9.26. The summed E-state index contributed by atoms with van der Waals surface area (Å²) in [6.45, 7) is 3.77. The molecule has 0 aliphatic carbocycles. The number of aryl methyl sites for hydroxylation is 2. The van der Waals surface area contributed by atoms with Gasteiger partial charge in [0.2, 0.25) is 5.78 Å². The number of ketones is 1. The summed E-state index contributed by atoms with van der Waals surface area (Å²) in [6.07, 6.45) is 0. The molecule has 2 rings (SSSR count). The Morgan fingerprint density at radius 2 is 2.05 bits per heavy atom. The van der Waals surface area contributed by atoms with Gasteiger partial charge in [0.05, 0.1) is 16.5 Å². The number of nitriles is 1. The second-order valence-electron chi connectivity index (χ2n) is 4.24. The molecule has 0 aliphatic heterocycles. The van der Waals surface area contributed by atoms with Crippen LogP contribution in [0, 0.1) is 25.2 Å². The number of hydrogen-bond acceptors (Lipinski definition) is 4. The number of nitrogens with zero attached hydrogens (tertiary/aromatic N) is 1. The van der Waals surface area contributed by atoms with Crippen LogP contribution in [0.5, 0.6) is 5.75 Å². The molecule has 0 aliphatic rings. The summed E-state index contributed by atoms with van der Waals surface area (Å²) in [4.78, 5) is 12.6. The minimum absolute atomic E-state index is 0.0219. The highest BCUT2D eigenvalue weighted by atomic mass is 32.1. The third kappa shape index (κ3) is 3.01. The lowest BCUT2D eigenvalue weighted by Gasteiger charge is -2.11. The van der Waals surface area contributed by atoms with E-state index in [9.17, 15) is 4.79 Å². The fourth-order valence-corrected chi connectivity index (χ4v) is 2.54. The molecule has 3 nitrogen and oxygen atoms in total. The van der Waals surface area contributed by atoms with Gasteiger partial charge in [-0.25, -0.2) is 0 Å². The van der Waals surface area contributed by atoms with E-state index in [1.54, 1.807) is 18.2 Å². The van der Waals surface area contributed by atoms with Crippen LogP contribution in [0.4, 0.5) is 0 Å². The van der Waals surface area contributed by atoms with Crippen LogP contribution in [-0.2, 0) is 0 Å². The van der Waals surface area contributed by atoms with E-state index in [1.165, 1.54) is 11.3 Å². The Morgan fingerprint density at radius 3 is 2.58 bits per heavy atom. The monoisotopic (exact) mass is 271 g/mol. The van der Waals surface area contributed by atoms with Crippen molar-refractivity contribution in [3.63, 3.8) is 0 Å². The number of carbonyl (C=O) groups excluding carboxylic acids is 1. The first-order chi connectivity index (χ1) is 9.11. The average molecular weight is 271 g/mol. The SMILES string of the molecule is Cc1cc(C#N)cc(C)c1OCC(=O)c1cccs1. The van der Waals surface area contributed by atoms with Crippen LogP contribution >= 0.6 is 11.3 Å². The van der Waals surface area contributed by atoms with Crippen molar-refractivity contribution in [1.29, 1.82) is 5.26 Å². The van der Waals surface area contributed by atoms with E-state index in [0.29, 0.717) is 16.2 Å². The molecule has 0 spiro atoms. The van der Waals surface area contributed by atoms with Gasteiger partial charge in [0.1, 0.15) is 5.75 Å². The Morgan fingerprint density at radius 1 is 1.37 bits per heavy atom. The zero-order chi connectivity index (χ0) is 13.8. The molecule has 1 aromatic heterocycles. The first-order valence-corrected chi connectivity index (χ1v) is 6.70. The molecular formula is C15H13NO2S. The topological polar surface area (TPSA) is 50.1 Å². The molecule has 4 heteroatoms. The number of rotatable bonds is 4. The molecule has 0 atom stereocenters. The highest BCUT2D eigenvalue weighted by Gasteiger charge is 2.11. The summed E-state index contributed by atoms with van der Waals surface area (Å²) in [7, 11) is 0. The summed E-state index contributed by atoms with van der Waals surface area (Å²) >= 11 is 1.41. The van der Waals surface area contributed by atoms with E-state index >= 15 is 0 Å². The van der Waals surface area contributed by atoms with Crippen molar-refractivity contribution in [2.24, 2.45) is 0 Å². The Kier molecular flexibility index (Phi) is 3.98. The van der Waals surface area contributed by atoms with Crippen molar-refractivity contribution < 1.29 is 9.53 Å². The van der Waals surface area contributed by atoms with Gasteiger partial charge in [-0.1, -0.05) is 6.07 Å². The number of Topliss-reactive ketones (excluding diaryl/α,β-unsaturated/α-hetero) is 1. The van der Waals surface area contributed by atoms with Crippen LogP contribution < -0.4 is 4.74 Å². The van der Waals surface area contributed by atoms with Crippen molar-refractivity contribution in [3.8, 4) is 11.8 Å². The van der Waals surface area contributed by atoms with Crippen LogP contribution in [0.3, 0.4) is 0 Å². The van der Waals surface area contributed by atoms with Crippen LogP contribution in [-0.4, -0.2) is 12.4 Å². The number of hydrogen-bond donors (Lipinski definition) is 0. The molecule has 19 heavy (non-hydrogen) atoms. The van der Waals surface area contributed by atoms with Crippen molar-refractivity contribution in [1.82, 2.24) is 0 Å². The van der Waals surface area contributed by atoms with E-state index < -0.39 is 0 Å². The van der Waals surface area contributed by atoms with Gasteiger partial charge in [-0.15, -0.1) is 11.3 Å². The van der Waals surface area contributed by atoms with Crippen molar-refractivity contribution in [2.75, 3.05) is 6.61 Å². The third-order valence-corrected chi connectivity index (χ3v) is 3.64. The highest BCUT2D eigenvalue weighted by molar-refractivity contribution is 7.12. The van der Waals surface area contributed by atoms with Crippen molar-refractivity contribution in [3.05, 3.63) is 51.2 Å². The summed E-state index contributed by atoms with van der Waals surface area (Å²) in [5, 5.41) is 10.7. The molecule has 1 aromatic carbocycles. The van der Waals surface area contributed by atoms with Gasteiger partial charge in [-0.2, -0.15) is 5.26 Å². The Hall–Kier alpha value is -2.12. The molecule has 2 aromatic rings. The molecule has 0 bridgehead atoms. The predicted octanol–water partition coefficient (Wildman–Crippen LogP) is 3.50. The van der Waals surface area contributed by atoms with Gasteiger partial charge in [0.25, 0.3) is 0 Å². The Balaban J connectivity index is 2.12. The molecule has 0 fully saturated rings. The molecule has 1 heterocycles. The van der Waals surface area contributed by atoms with Gasteiger partial charge in [-0.3, -0.25) is 4.79 Å². The lowest BCUT2D eigenvalue weighted by Crippen LogP contribution is -2.11. The minimum Gasteiger partial charge on any atom is -0.485 e. The zero-order valence-corrected chi connectivity index (χ0v) is 11.6. The molecule has 0 saturated heterocycles. The molecule has 0 saturated carbocycles. The minimum atomic E-state index is -0.0295. The van der Waals surface area contributed by atoms with Gasteiger partial charge in [0.15, 0.2) is 6.61 Å². The van der Waals surface area contributed by atoms with Gasteiger partial charge in [0, 0.05) is 0 Å². The van der Waals surface area contributed by atoms with E-state index in [0.717, 1.165) is 11.1 Å². The van der Waals surface area contributed by atoms with Gasteiger partial charge >= 0.3 is 0 Å². The second-order valence-corrected chi connectivity index (χ2v) is 5.19. The average Bonchev–Trinajstić information content (AvgIpc) is 2.91.